The van der Waals surface area contributed by atoms with Crippen LogP contribution in [0.2, 0.25) is 0 Å². The monoisotopic (exact) mass is 964 g/mol. The third-order valence-corrected chi connectivity index (χ3v) is 17.2. The molecule has 19 heteroatoms. The van der Waals surface area contributed by atoms with Gasteiger partial charge in [0, 0.05) is 59.3 Å². The quantitative estimate of drug-likeness (QED) is 0.171. The van der Waals surface area contributed by atoms with E-state index in [1.54, 1.807) is 0 Å². The lowest BCUT2D eigenvalue weighted by molar-refractivity contribution is -0.365. The fraction of sp³-hybridized carbons (Fsp3) is 0.878. The summed E-state index contributed by atoms with van der Waals surface area (Å²) in [6, 6.07) is 0. The number of aliphatic hydroxyl groups excluding tert-OH is 2. The first-order valence-corrected chi connectivity index (χ1v) is 24.7. The Labute approximate surface area is 397 Å². The highest BCUT2D eigenvalue weighted by molar-refractivity contribution is 5.84. The molecule has 4 aliphatic heterocycles. The molecule has 19 nitrogen and oxygen atoms in total. The first-order valence-electron chi connectivity index (χ1n) is 24.7. The lowest BCUT2D eigenvalue weighted by Crippen LogP contribution is -2.67. The highest BCUT2D eigenvalue weighted by Crippen LogP contribution is 2.70. The summed E-state index contributed by atoms with van der Waals surface area (Å²) in [5.74, 6) is -2.79. The molecule has 4 saturated heterocycles. The molecule has 4 heterocycles. The van der Waals surface area contributed by atoms with Gasteiger partial charge in [-0.05, 0) is 85.4 Å². The molecule has 0 amide bonds. The van der Waals surface area contributed by atoms with Crippen LogP contribution >= 0.6 is 0 Å². The third-order valence-electron chi connectivity index (χ3n) is 17.2. The molecular formula is C49H72O19. The number of ether oxygens (including phenoxy) is 11. The molecule has 0 aromatic carbocycles. The SMILES string of the molecule is CC(=O)O[C@@H]1[C@@H](OC(C)=O)[C@H](O[C@H]2[C@H](OC(C)=O)[C@@H](OC(C)=O)[C@H](O[C@H]3CC[C@@]4(C)[C@@H](CC[C@@H]5[C@@H]4C(=O)C[C@]4(C)C6C(C[C@@H]54)O[C@]4(CC[C@@H](C)CO4)C6C)C3)O[C@@H]2CO)O[C@H](CO)[C@H]1OC(C)=O. The van der Waals surface area contributed by atoms with E-state index in [1.165, 1.54) is 0 Å². The van der Waals surface area contributed by atoms with Crippen molar-refractivity contribution in [3.8, 4) is 0 Å². The molecule has 4 saturated carbocycles. The first-order chi connectivity index (χ1) is 32.1. The Hall–Kier alpha value is -3.30. The van der Waals surface area contributed by atoms with E-state index in [1.807, 2.05) is 0 Å². The maximum atomic E-state index is 14.7. The van der Waals surface area contributed by atoms with Gasteiger partial charge in [0.2, 0.25) is 0 Å². The Morgan fingerprint density at radius 1 is 0.647 bits per heavy atom. The van der Waals surface area contributed by atoms with Crippen molar-refractivity contribution in [1.82, 2.24) is 0 Å². The van der Waals surface area contributed by atoms with E-state index < -0.39 is 116 Å². The number of Topliss-reactive ketones (excluding diaryl/α,β-unsaturated/α-hetero) is 1. The second-order valence-electron chi connectivity index (χ2n) is 21.6. The summed E-state index contributed by atoms with van der Waals surface area (Å²) in [5.41, 5.74) is -0.454. The lowest BCUT2D eigenvalue weighted by Gasteiger charge is -2.60. The van der Waals surface area contributed by atoms with Crippen molar-refractivity contribution in [1.29, 1.82) is 0 Å². The lowest BCUT2D eigenvalue weighted by atomic mass is 9.44. The average molecular weight is 965 g/mol. The molecule has 8 aliphatic rings. The van der Waals surface area contributed by atoms with Gasteiger partial charge < -0.3 is 62.3 Å². The Kier molecular flexibility index (Phi) is 14.8. The van der Waals surface area contributed by atoms with Crippen LogP contribution in [0.4, 0.5) is 0 Å². The van der Waals surface area contributed by atoms with E-state index in [2.05, 4.69) is 27.7 Å². The molecule has 0 bridgehead atoms. The second kappa shape index (κ2) is 19.7. The van der Waals surface area contributed by atoms with Crippen molar-refractivity contribution in [3.05, 3.63) is 0 Å². The molecule has 0 aromatic heterocycles. The van der Waals surface area contributed by atoms with Crippen LogP contribution in [-0.2, 0) is 80.9 Å². The van der Waals surface area contributed by atoms with Gasteiger partial charge >= 0.3 is 29.8 Å². The van der Waals surface area contributed by atoms with Crippen LogP contribution in [0.15, 0.2) is 0 Å². The van der Waals surface area contributed by atoms with Crippen LogP contribution < -0.4 is 0 Å². The smallest absolute Gasteiger partial charge is 0.303 e. The standard InChI is InChI=1S/C49H72O19/c1-22-12-15-49(58-21-22)23(2)37-34(68-49)17-32-31-11-10-29-16-30(13-14-47(29,8)38(31)33(57)18-48(32,37)9)64-45-43(62-27(6)55)42(61-26(5)54)40(36(20-51)65-45)67-46-44(63-28(7)56)41(60-25(4)53)39(59-24(3)52)35(19-50)66-46/h22-23,29-32,34-46,50-51H,10-21H2,1-9H3/t22-,23?,29+,30+,31+,32+,34?,35-,36-,37?,38-,39-,40-,41+,42+,43-,44-,45-,46+,47+,48+,49-/m1/s1. The maximum Gasteiger partial charge on any atom is 0.303 e. The van der Waals surface area contributed by atoms with E-state index in [4.69, 9.17) is 52.1 Å². The highest BCUT2D eigenvalue weighted by atomic mass is 16.8. The average Bonchev–Trinajstić information content (AvgIpc) is 3.70. The summed E-state index contributed by atoms with van der Waals surface area (Å²) >= 11 is 0. The first kappa shape index (κ1) is 51.1. The number of carbonyl (C=O) groups excluding carboxylic acids is 6. The summed E-state index contributed by atoms with van der Waals surface area (Å²) < 4.78 is 66.8. The van der Waals surface area contributed by atoms with Gasteiger partial charge in [-0.3, -0.25) is 28.8 Å². The third kappa shape index (κ3) is 9.36. The minimum atomic E-state index is -1.74. The Balaban J connectivity index is 1.00. The molecule has 382 valence electrons. The minimum Gasteiger partial charge on any atom is -0.456 e. The van der Waals surface area contributed by atoms with Gasteiger partial charge in [-0.1, -0.05) is 27.7 Å². The molecule has 4 aliphatic carbocycles. The van der Waals surface area contributed by atoms with Gasteiger partial charge in [-0.15, -0.1) is 0 Å². The number of carbonyl (C=O) groups is 6. The molecule has 8 rings (SSSR count). The maximum absolute atomic E-state index is 14.7. The highest BCUT2D eigenvalue weighted by Gasteiger charge is 2.71. The molecule has 3 unspecified atom stereocenters. The van der Waals surface area contributed by atoms with Crippen LogP contribution in [0.1, 0.15) is 120 Å². The number of rotatable bonds is 11. The number of esters is 5. The Morgan fingerprint density at radius 3 is 1.75 bits per heavy atom. The number of hydrogen-bond donors (Lipinski definition) is 2. The van der Waals surface area contributed by atoms with Gasteiger partial charge in [0.25, 0.3) is 0 Å². The van der Waals surface area contributed by atoms with Crippen molar-refractivity contribution in [2.45, 2.75) is 200 Å². The molecule has 2 N–H and O–H groups in total. The van der Waals surface area contributed by atoms with Gasteiger partial charge in [0.1, 0.15) is 24.1 Å². The van der Waals surface area contributed by atoms with Crippen molar-refractivity contribution in [3.63, 3.8) is 0 Å². The van der Waals surface area contributed by atoms with Crippen LogP contribution in [0.3, 0.4) is 0 Å². The van der Waals surface area contributed by atoms with Gasteiger partial charge in [-0.25, -0.2) is 0 Å². The number of fused-ring (bicyclic) bond motifs is 7. The van der Waals surface area contributed by atoms with Crippen molar-refractivity contribution in [2.24, 2.45) is 52.3 Å². The van der Waals surface area contributed by atoms with Crippen LogP contribution in [0.25, 0.3) is 0 Å². The van der Waals surface area contributed by atoms with Crippen LogP contribution in [0, 0.1) is 52.3 Å². The van der Waals surface area contributed by atoms with Crippen LogP contribution in [-0.4, -0.2) is 145 Å². The fourth-order valence-electron chi connectivity index (χ4n) is 14.6. The van der Waals surface area contributed by atoms with Gasteiger partial charge in [0.15, 0.2) is 48.9 Å². The van der Waals surface area contributed by atoms with Crippen molar-refractivity contribution in [2.75, 3.05) is 19.8 Å². The molecule has 68 heavy (non-hydrogen) atoms. The zero-order chi connectivity index (χ0) is 49.2. The van der Waals surface area contributed by atoms with E-state index in [9.17, 15) is 39.0 Å². The fourth-order valence-corrected chi connectivity index (χ4v) is 14.6. The van der Waals surface area contributed by atoms with E-state index >= 15 is 0 Å². The summed E-state index contributed by atoms with van der Waals surface area (Å²) in [6.45, 7) is 13.8. The largest absolute Gasteiger partial charge is 0.456 e. The minimum absolute atomic E-state index is 0.0687. The molecule has 0 radical (unpaired) electrons. The van der Waals surface area contributed by atoms with E-state index in [-0.39, 0.29) is 46.5 Å². The molecule has 0 aromatic rings. The topological polar surface area (TPSA) is 244 Å². The Bertz CT molecular complexity index is 1920. The number of hydrogen-bond acceptors (Lipinski definition) is 19. The molecular weight excluding hydrogens is 893 g/mol. The van der Waals surface area contributed by atoms with E-state index in [0.717, 1.165) is 66.7 Å². The van der Waals surface area contributed by atoms with Crippen molar-refractivity contribution >= 4 is 35.6 Å². The predicted molar refractivity (Wildman–Crippen MR) is 231 cm³/mol. The number of ketones is 1. The zero-order valence-electron chi connectivity index (χ0n) is 40.8. The van der Waals surface area contributed by atoms with Gasteiger partial charge in [-0.2, -0.15) is 0 Å². The van der Waals surface area contributed by atoms with Crippen molar-refractivity contribution < 1.29 is 91.1 Å². The predicted octanol–water partition coefficient (Wildman–Crippen LogP) is 3.48. The zero-order valence-corrected chi connectivity index (χ0v) is 40.8. The summed E-state index contributed by atoms with van der Waals surface area (Å²) in [7, 11) is 0. The van der Waals surface area contributed by atoms with E-state index in [0.29, 0.717) is 49.9 Å². The second-order valence-corrected chi connectivity index (χ2v) is 21.6. The molecule has 8 fully saturated rings. The normalized spacial score (nSPS) is 47.4. The summed E-state index contributed by atoms with van der Waals surface area (Å²) in [4.78, 5) is 77.4. The van der Waals surface area contributed by atoms with Gasteiger partial charge in [0.05, 0.1) is 32.0 Å². The summed E-state index contributed by atoms with van der Waals surface area (Å²) in [5, 5.41) is 21.2. The molecule has 1 spiro atoms. The number of aliphatic hydroxyl groups is 2. The summed E-state index contributed by atoms with van der Waals surface area (Å²) in [6.07, 6.45) is -8.40. The Morgan fingerprint density at radius 2 is 1.19 bits per heavy atom. The molecule has 22 atom stereocenters. The van der Waals surface area contributed by atoms with Crippen LogP contribution in [0.5, 0.6) is 0 Å².